The largest absolute Gasteiger partial charge is 0.330 e. The maximum atomic E-state index is 5.66. The Kier molecular flexibility index (Phi) is 3.99. The first-order chi connectivity index (χ1) is 8.61. The summed E-state index contributed by atoms with van der Waals surface area (Å²) in [7, 11) is 4.12. The molecule has 1 atom stereocenters. The summed E-state index contributed by atoms with van der Waals surface area (Å²) >= 11 is 0. The summed E-state index contributed by atoms with van der Waals surface area (Å²) in [6, 6.07) is 8.36. The zero-order valence-corrected chi connectivity index (χ0v) is 11.4. The number of aromatic nitrogens is 2. The number of rotatable bonds is 5. The van der Waals surface area contributed by atoms with E-state index < -0.39 is 0 Å². The van der Waals surface area contributed by atoms with Crippen molar-refractivity contribution in [1.29, 1.82) is 0 Å². The fourth-order valence-electron chi connectivity index (χ4n) is 2.33. The molecular weight excluding hydrogens is 224 g/mol. The number of para-hydroxylation sites is 1. The fraction of sp³-hybridized carbons (Fsp3) is 0.500. The third kappa shape index (κ3) is 2.71. The molecule has 2 N–H and O–H groups in total. The van der Waals surface area contributed by atoms with E-state index in [4.69, 9.17) is 5.73 Å². The molecule has 1 unspecified atom stereocenters. The number of hydrogen-bond acceptors (Lipinski definition) is 3. The van der Waals surface area contributed by atoms with Crippen LogP contribution in [-0.2, 0) is 13.6 Å². The lowest BCUT2D eigenvalue weighted by molar-refractivity contribution is 0.279. The minimum absolute atomic E-state index is 0.518. The van der Waals surface area contributed by atoms with Gasteiger partial charge in [-0.2, -0.15) is 5.10 Å². The number of benzene rings is 1. The minimum atomic E-state index is 0.518. The van der Waals surface area contributed by atoms with E-state index in [-0.39, 0.29) is 0 Å². The molecule has 0 radical (unpaired) electrons. The quantitative estimate of drug-likeness (QED) is 0.871. The predicted octanol–water partition coefficient (Wildman–Crippen LogP) is 1.60. The Morgan fingerprint density at radius 3 is 2.83 bits per heavy atom. The van der Waals surface area contributed by atoms with Gasteiger partial charge in [-0.1, -0.05) is 25.1 Å². The van der Waals surface area contributed by atoms with Crippen LogP contribution in [0.3, 0.4) is 0 Å². The molecule has 0 spiro atoms. The van der Waals surface area contributed by atoms with E-state index in [1.807, 2.05) is 17.8 Å². The second-order valence-electron chi connectivity index (χ2n) is 5.13. The van der Waals surface area contributed by atoms with Crippen molar-refractivity contribution < 1.29 is 0 Å². The zero-order chi connectivity index (χ0) is 13.1. The van der Waals surface area contributed by atoms with Gasteiger partial charge in [0.15, 0.2) is 0 Å². The number of fused-ring (bicyclic) bond motifs is 1. The monoisotopic (exact) mass is 246 g/mol. The molecule has 2 rings (SSSR count). The van der Waals surface area contributed by atoms with Crippen molar-refractivity contribution in [3.63, 3.8) is 0 Å². The Morgan fingerprint density at radius 2 is 2.11 bits per heavy atom. The molecular formula is C14H22N4. The highest BCUT2D eigenvalue weighted by Crippen LogP contribution is 2.18. The Hall–Kier alpha value is -1.39. The van der Waals surface area contributed by atoms with Gasteiger partial charge in [-0.3, -0.25) is 4.68 Å². The van der Waals surface area contributed by atoms with Crippen LogP contribution >= 0.6 is 0 Å². The molecule has 4 heteroatoms. The van der Waals surface area contributed by atoms with Crippen LogP contribution in [0.2, 0.25) is 0 Å². The lowest BCUT2D eigenvalue weighted by Gasteiger charge is -2.19. The maximum absolute atomic E-state index is 5.66. The molecule has 0 aliphatic heterocycles. The molecule has 4 nitrogen and oxygen atoms in total. The third-order valence-corrected chi connectivity index (χ3v) is 3.28. The van der Waals surface area contributed by atoms with Crippen LogP contribution in [0.15, 0.2) is 24.3 Å². The molecule has 1 heterocycles. The number of hydrogen-bond donors (Lipinski definition) is 1. The molecule has 0 bridgehead atoms. The Morgan fingerprint density at radius 1 is 1.39 bits per heavy atom. The van der Waals surface area contributed by atoms with Gasteiger partial charge < -0.3 is 10.6 Å². The lowest BCUT2D eigenvalue weighted by Crippen LogP contribution is -2.28. The molecule has 0 saturated carbocycles. The Labute approximate surface area is 108 Å². The van der Waals surface area contributed by atoms with E-state index in [0.717, 1.165) is 25.3 Å². The topological polar surface area (TPSA) is 47.1 Å². The third-order valence-electron chi connectivity index (χ3n) is 3.28. The number of nitrogens with two attached hydrogens (primary N) is 1. The predicted molar refractivity (Wildman–Crippen MR) is 75.3 cm³/mol. The van der Waals surface area contributed by atoms with Gasteiger partial charge in [0.1, 0.15) is 0 Å². The second kappa shape index (κ2) is 5.50. The van der Waals surface area contributed by atoms with Gasteiger partial charge in [0, 0.05) is 25.5 Å². The van der Waals surface area contributed by atoms with E-state index in [2.05, 4.69) is 42.2 Å². The van der Waals surface area contributed by atoms with Crippen molar-refractivity contribution >= 4 is 10.9 Å². The molecule has 0 fully saturated rings. The summed E-state index contributed by atoms with van der Waals surface area (Å²) in [5.74, 6) is 0.518. The lowest BCUT2D eigenvalue weighted by atomic mass is 10.1. The van der Waals surface area contributed by atoms with Crippen LogP contribution in [-0.4, -0.2) is 34.8 Å². The minimum Gasteiger partial charge on any atom is -0.330 e. The first kappa shape index (κ1) is 13.1. The zero-order valence-electron chi connectivity index (χ0n) is 11.4. The van der Waals surface area contributed by atoms with Gasteiger partial charge in [0.05, 0.1) is 11.2 Å². The van der Waals surface area contributed by atoms with E-state index in [1.54, 1.807) is 0 Å². The van der Waals surface area contributed by atoms with Crippen LogP contribution in [0.1, 0.15) is 12.6 Å². The van der Waals surface area contributed by atoms with Crippen LogP contribution in [0.5, 0.6) is 0 Å². The first-order valence-corrected chi connectivity index (χ1v) is 6.41. The van der Waals surface area contributed by atoms with Crippen molar-refractivity contribution in [2.75, 3.05) is 20.1 Å². The van der Waals surface area contributed by atoms with Crippen molar-refractivity contribution in [2.24, 2.45) is 18.7 Å². The summed E-state index contributed by atoms with van der Waals surface area (Å²) in [4.78, 5) is 2.28. The van der Waals surface area contributed by atoms with E-state index in [9.17, 15) is 0 Å². The smallest absolute Gasteiger partial charge is 0.0843 e. The maximum Gasteiger partial charge on any atom is 0.0843 e. The highest BCUT2D eigenvalue weighted by atomic mass is 15.3. The van der Waals surface area contributed by atoms with Crippen LogP contribution in [0.4, 0.5) is 0 Å². The molecule has 18 heavy (non-hydrogen) atoms. The van der Waals surface area contributed by atoms with Crippen molar-refractivity contribution in [2.45, 2.75) is 13.5 Å². The molecule has 0 aliphatic carbocycles. The Balaban J connectivity index is 2.17. The van der Waals surface area contributed by atoms with E-state index in [0.29, 0.717) is 5.92 Å². The van der Waals surface area contributed by atoms with Gasteiger partial charge in [0.2, 0.25) is 0 Å². The number of nitrogens with zero attached hydrogens (tertiary/aromatic N) is 3. The van der Waals surface area contributed by atoms with Crippen LogP contribution < -0.4 is 5.73 Å². The summed E-state index contributed by atoms with van der Waals surface area (Å²) < 4.78 is 1.95. The second-order valence-corrected chi connectivity index (χ2v) is 5.13. The van der Waals surface area contributed by atoms with E-state index >= 15 is 0 Å². The van der Waals surface area contributed by atoms with Crippen molar-refractivity contribution in [1.82, 2.24) is 14.7 Å². The van der Waals surface area contributed by atoms with Gasteiger partial charge in [-0.25, -0.2) is 0 Å². The average molecular weight is 246 g/mol. The summed E-state index contributed by atoms with van der Waals surface area (Å²) in [5.41, 5.74) is 7.99. The molecule has 0 saturated heterocycles. The number of aryl methyl sites for hydroxylation is 1. The van der Waals surface area contributed by atoms with Crippen LogP contribution in [0.25, 0.3) is 10.9 Å². The van der Waals surface area contributed by atoms with Gasteiger partial charge in [-0.15, -0.1) is 0 Å². The molecule has 0 aliphatic rings. The summed E-state index contributed by atoms with van der Waals surface area (Å²) in [5, 5.41) is 5.85. The molecule has 2 aromatic rings. The van der Waals surface area contributed by atoms with Crippen molar-refractivity contribution in [3.8, 4) is 0 Å². The SMILES string of the molecule is CC(CN)CN(C)Cc1nn(C)c2ccccc12. The van der Waals surface area contributed by atoms with Gasteiger partial charge in [0.25, 0.3) is 0 Å². The first-order valence-electron chi connectivity index (χ1n) is 6.41. The van der Waals surface area contributed by atoms with E-state index in [1.165, 1.54) is 10.9 Å². The average Bonchev–Trinajstić information content (AvgIpc) is 2.67. The molecule has 0 amide bonds. The fourth-order valence-corrected chi connectivity index (χ4v) is 2.33. The molecule has 98 valence electrons. The van der Waals surface area contributed by atoms with Gasteiger partial charge >= 0.3 is 0 Å². The highest BCUT2D eigenvalue weighted by Gasteiger charge is 2.11. The summed E-state index contributed by atoms with van der Waals surface area (Å²) in [6.07, 6.45) is 0. The Bertz CT molecular complexity index is 517. The van der Waals surface area contributed by atoms with Gasteiger partial charge in [-0.05, 0) is 25.6 Å². The normalized spacial score (nSPS) is 13.4. The summed E-state index contributed by atoms with van der Waals surface area (Å²) in [6.45, 7) is 4.77. The molecule has 1 aromatic carbocycles. The van der Waals surface area contributed by atoms with Crippen molar-refractivity contribution in [3.05, 3.63) is 30.0 Å². The molecule has 1 aromatic heterocycles. The van der Waals surface area contributed by atoms with Crippen LogP contribution in [0, 0.1) is 5.92 Å². The highest BCUT2D eigenvalue weighted by molar-refractivity contribution is 5.81. The standard InChI is InChI=1S/C14H22N4/c1-11(8-15)9-17(2)10-13-12-6-4-5-7-14(12)18(3)16-13/h4-7,11H,8-10,15H2,1-3H3.